The fourth-order valence-corrected chi connectivity index (χ4v) is 2.44. The van der Waals surface area contributed by atoms with Gasteiger partial charge in [-0.3, -0.25) is 0 Å². The Morgan fingerprint density at radius 3 is 2.69 bits per heavy atom. The molecule has 3 heteroatoms. The molecular formula is C13H26CoNO-. The fraction of sp³-hybridized carbons (Fsp3) is 0.923. The van der Waals surface area contributed by atoms with E-state index in [1.165, 1.54) is 45.2 Å². The van der Waals surface area contributed by atoms with Gasteiger partial charge in [0.05, 0.1) is 0 Å². The molecule has 0 aromatic rings. The summed E-state index contributed by atoms with van der Waals surface area (Å²) in [5.41, 5.74) is 0.157. The summed E-state index contributed by atoms with van der Waals surface area (Å²) in [4.78, 5) is 2.52. The molecule has 1 heterocycles. The third kappa shape index (κ3) is 5.66. The van der Waals surface area contributed by atoms with Crippen molar-refractivity contribution < 1.29 is 21.9 Å². The molecule has 1 radical (unpaired) electrons. The Hall–Kier alpha value is 0.426. The van der Waals surface area contributed by atoms with Gasteiger partial charge in [-0.15, -0.1) is 0 Å². The topological polar surface area (TPSA) is 23.5 Å². The van der Waals surface area contributed by atoms with Crippen LogP contribution in [0.2, 0.25) is 0 Å². The maximum Gasteiger partial charge on any atom is 0.0497 e. The average Bonchev–Trinajstić information content (AvgIpc) is 2.25. The monoisotopic (exact) mass is 271 g/mol. The zero-order valence-corrected chi connectivity index (χ0v) is 11.5. The van der Waals surface area contributed by atoms with Crippen molar-refractivity contribution in [1.82, 2.24) is 4.90 Å². The third-order valence-corrected chi connectivity index (χ3v) is 3.47. The number of aliphatic hydroxyl groups excluding tert-OH is 1. The van der Waals surface area contributed by atoms with Crippen LogP contribution in [0.15, 0.2) is 0 Å². The maximum absolute atomic E-state index is 9.34. The van der Waals surface area contributed by atoms with Crippen molar-refractivity contribution in [2.45, 2.75) is 45.4 Å². The van der Waals surface area contributed by atoms with Gasteiger partial charge in [-0.1, -0.05) is 19.8 Å². The van der Waals surface area contributed by atoms with Crippen molar-refractivity contribution in [3.05, 3.63) is 6.92 Å². The van der Waals surface area contributed by atoms with E-state index in [0.29, 0.717) is 6.61 Å². The van der Waals surface area contributed by atoms with Gasteiger partial charge in [-0.25, -0.2) is 0 Å². The molecule has 0 aromatic heterocycles. The number of hydrogen-bond acceptors (Lipinski definition) is 2. The van der Waals surface area contributed by atoms with Crippen LogP contribution in [-0.2, 0) is 16.8 Å². The molecule has 1 unspecified atom stereocenters. The molecule has 0 saturated carbocycles. The Morgan fingerprint density at radius 1 is 1.31 bits per heavy atom. The fourth-order valence-electron chi connectivity index (χ4n) is 2.44. The molecule has 1 aliphatic rings. The van der Waals surface area contributed by atoms with Crippen LogP contribution in [0.25, 0.3) is 0 Å². The smallest absolute Gasteiger partial charge is 0.0497 e. The predicted molar refractivity (Wildman–Crippen MR) is 64.7 cm³/mol. The molecule has 1 saturated heterocycles. The number of unbranched alkanes of at least 4 members (excludes halogenated alkanes) is 3. The molecule has 1 fully saturated rings. The van der Waals surface area contributed by atoms with Gasteiger partial charge in [-0.05, 0) is 32.4 Å². The van der Waals surface area contributed by atoms with Crippen LogP contribution in [-0.4, -0.2) is 36.2 Å². The normalized spacial score (nSPS) is 26.4. The van der Waals surface area contributed by atoms with Gasteiger partial charge in [0, 0.05) is 35.3 Å². The van der Waals surface area contributed by atoms with Crippen molar-refractivity contribution in [1.29, 1.82) is 0 Å². The maximum atomic E-state index is 9.34. The molecule has 1 atom stereocenters. The summed E-state index contributed by atoms with van der Waals surface area (Å²) in [5, 5.41) is 9.34. The van der Waals surface area contributed by atoms with E-state index in [2.05, 4.69) is 18.7 Å². The van der Waals surface area contributed by atoms with Gasteiger partial charge < -0.3 is 16.9 Å². The zero-order chi connectivity index (χ0) is 11.1. The number of likely N-dealkylation sites (tertiary alicyclic amines) is 1. The first-order valence-electron chi connectivity index (χ1n) is 6.33. The molecule has 1 aliphatic heterocycles. The van der Waals surface area contributed by atoms with E-state index >= 15 is 0 Å². The molecular weight excluding hydrogens is 245 g/mol. The van der Waals surface area contributed by atoms with Crippen LogP contribution in [0.4, 0.5) is 0 Å². The Morgan fingerprint density at radius 2 is 2.06 bits per heavy atom. The Balaban J connectivity index is 0.00000225. The summed E-state index contributed by atoms with van der Waals surface area (Å²) >= 11 is 0. The van der Waals surface area contributed by atoms with Crippen LogP contribution in [0.3, 0.4) is 0 Å². The minimum atomic E-state index is 0. The van der Waals surface area contributed by atoms with E-state index < -0.39 is 0 Å². The Bertz CT molecular complexity index is 177. The van der Waals surface area contributed by atoms with Crippen LogP contribution in [0, 0.1) is 12.3 Å². The van der Waals surface area contributed by atoms with E-state index in [9.17, 15) is 5.11 Å². The molecule has 1 rings (SSSR count). The Labute approximate surface area is 111 Å². The minimum absolute atomic E-state index is 0. The van der Waals surface area contributed by atoms with Crippen molar-refractivity contribution >= 4 is 0 Å². The van der Waals surface area contributed by atoms with Crippen molar-refractivity contribution in [3.63, 3.8) is 0 Å². The van der Waals surface area contributed by atoms with E-state index in [1.54, 1.807) is 0 Å². The first-order valence-corrected chi connectivity index (χ1v) is 6.33. The molecule has 2 nitrogen and oxygen atoms in total. The number of rotatable bonds is 6. The van der Waals surface area contributed by atoms with Crippen molar-refractivity contribution in [2.75, 3.05) is 26.2 Å². The van der Waals surface area contributed by atoms with Crippen LogP contribution in [0.1, 0.15) is 45.4 Å². The standard InChI is InChI=1S/C13H26NO.Co/c1-3-4-5-6-9-14-10-7-8-13(2,11-14)12-15;/h15H,1,3-12H2,2H3;/q-1;. The van der Waals surface area contributed by atoms with Gasteiger partial charge in [0.15, 0.2) is 0 Å². The second kappa shape index (κ2) is 8.51. The van der Waals surface area contributed by atoms with Gasteiger partial charge in [0.25, 0.3) is 0 Å². The summed E-state index contributed by atoms with van der Waals surface area (Å²) in [5.74, 6) is 0. The summed E-state index contributed by atoms with van der Waals surface area (Å²) in [6.07, 6.45) is 7.33. The van der Waals surface area contributed by atoms with Crippen LogP contribution < -0.4 is 0 Å². The second-order valence-electron chi connectivity index (χ2n) is 5.26. The minimum Gasteiger partial charge on any atom is -0.396 e. The Kier molecular flexibility index (Phi) is 8.73. The first-order chi connectivity index (χ1) is 7.20. The molecule has 0 aliphatic carbocycles. The molecule has 0 bridgehead atoms. The molecule has 1 N–H and O–H groups in total. The van der Waals surface area contributed by atoms with Crippen LogP contribution in [0.5, 0.6) is 0 Å². The van der Waals surface area contributed by atoms with E-state index in [-0.39, 0.29) is 22.2 Å². The van der Waals surface area contributed by atoms with Gasteiger partial charge >= 0.3 is 0 Å². The van der Waals surface area contributed by atoms with E-state index in [1.807, 2.05) is 0 Å². The van der Waals surface area contributed by atoms with Crippen LogP contribution >= 0.6 is 0 Å². The van der Waals surface area contributed by atoms with Gasteiger partial charge in [0.2, 0.25) is 0 Å². The second-order valence-corrected chi connectivity index (χ2v) is 5.26. The number of piperidine rings is 1. The van der Waals surface area contributed by atoms with E-state index in [0.717, 1.165) is 13.0 Å². The third-order valence-electron chi connectivity index (χ3n) is 3.47. The summed E-state index contributed by atoms with van der Waals surface area (Å²) in [6.45, 7) is 9.90. The predicted octanol–water partition coefficient (Wildman–Crippen LogP) is 2.47. The average molecular weight is 271 g/mol. The SMILES string of the molecule is [CH2-]CCCCCN1CCCC(C)(CO)C1.[Co]. The summed E-state index contributed by atoms with van der Waals surface area (Å²) in [7, 11) is 0. The van der Waals surface area contributed by atoms with Gasteiger partial charge in [-0.2, -0.15) is 6.42 Å². The summed E-state index contributed by atoms with van der Waals surface area (Å²) in [6, 6.07) is 0. The molecule has 0 amide bonds. The molecule has 99 valence electrons. The number of nitrogens with zero attached hydrogens (tertiary/aromatic N) is 1. The molecule has 16 heavy (non-hydrogen) atoms. The molecule has 0 spiro atoms. The van der Waals surface area contributed by atoms with Crippen molar-refractivity contribution in [2.24, 2.45) is 5.41 Å². The van der Waals surface area contributed by atoms with Crippen molar-refractivity contribution in [3.8, 4) is 0 Å². The zero-order valence-electron chi connectivity index (χ0n) is 10.5. The number of aliphatic hydroxyl groups is 1. The quantitative estimate of drug-likeness (QED) is 0.592. The van der Waals surface area contributed by atoms with Gasteiger partial charge in [0.1, 0.15) is 0 Å². The molecule has 0 aromatic carbocycles. The van der Waals surface area contributed by atoms with E-state index in [4.69, 9.17) is 0 Å². The summed E-state index contributed by atoms with van der Waals surface area (Å²) < 4.78 is 0. The largest absolute Gasteiger partial charge is 0.396 e. The number of hydrogen-bond donors (Lipinski definition) is 1. The first kappa shape index (κ1) is 16.4.